The Balaban J connectivity index is 1.44. The van der Waals surface area contributed by atoms with Crippen molar-refractivity contribution < 1.29 is 9.53 Å². The number of hydrogen-bond donors (Lipinski definition) is 1. The number of rotatable bonds is 5. The Bertz CT molecular complexity index is 685. The van der Waals surface area contributed by atoms with Crippen LogP contribution in [-0.4, -0.2) is 36.4 Å². The van der Waals surface area contributed by atoms with Crippen LogP contribution in [0.3, 0.4) is 0 Å². The minimum atomic E-state index is -0.0280. The lowest BCUT2D eigenvalue weighted by atomic mass is 10.1. The summed E-state index contributed by atoms with van der Waals surface area (Å²) in [6.07, 6.45) is 4.02. The molecule has 25 heavy (non-hydrogen) atoms. The molecule has 0 aromatic heterocycles. The highest BCUT2D eigenvalue weighted by Gasteiger charge is 2.23. The summed E-state index contributed by atoms with van der Waals surface area (Å²) < 4.78 is 5.98. The summed E-state index contributed by atoms with van der Waals surface area (Å²) in [6.45, 7) is 2.10. The molecule has 1 fully saturated rings. The first-order chi connectivity index (χ1) is 12.2. The maximum absolute atomic E-state index is 12.4. The number of carbonyl (C=O) groups excluding carboxylic acids is 1. The molecule has 0 radical (unpaired) electrons. The molecule has 1 aliphatic rings. The minimum Gasteiger partial charge on any atom is -0.373 e. The molecule has 0 aliphatic carbocycles. The maximum Gasteiger partial charge on any atom is 0.321 e. The first-order valence-corrected chi connectivity index (χ1v) is 9.82. The van der Waals surface area contributed by atoms with Crippen LogP contribution in [-0.2, 0) is 11.3 Å². The molecule has 0 saturated carbocycles. The Labute approximate surface area is 153 Å². The maximum atomic E-state index is 12.4. The normalized spacial score (nSPS) is 15.2. The van der Waals surface area contributed by atoms with E-state index < -0.39 is 0 Å². The van der Waals surface area contributed by atoms with Crippen molar-refractivity contribution in [3.8, 4) is 0 Å². The van der Waals surface area contributed by atoms with Gasteiger partial charge in [0.15, 0.2) is 0 Å². The monoisotopic (exact) mass is 356 g/mol. The number of thioether (sulfide) groups is 1. The highest BCUT2D eigenvalue weighted by molar-refractivity contribution is 7.98. The average Bonchev–Trinajstić information content (AvgIpc) is 2.67. The van der Waals surface area contributed by atoms with Crippen LogP contribution in [0.15, 0.2) is 59.5 Å². The van der Waals surface area contributed by atoms with Crippen LogP contribution in [0.25, 0.3) is 0 Å². The molecule has 132 valence electrons. The summed E-state index contributed by atoms with van der Waals surface area (Å²) in [4.78, 5) is 15.4. The average molecular weight is 356 g/mol. The van der Waals surface area contributed by atoms with Gasteiger partial charge in [0.1, 0.15) is 0 Å². The molecule has 1 saturated heterocycles. The van der Waals surface area contributed by atoms with Crippen LogP contribution in [0.4, 0.5) is 10.5 Å². The summed E-state index contributed by atoms with van der Waals surface area (Å²) in [7, 11) is 0. The third-order valence-corrected chi connectivity index (χ3v) is 5.10. The van der Waals surface area contributed by atoms with Gasteiger partial charge in [-0.2, -0.15) is 0 Å². The number of likely N-dealkylation sites (tertiary alicyclic amines) is 1. The summed E-state index contributed by atoms with van der Waals surface area (Å²) in [5.41, 5.74) is 2.04. The fourth-order valence-corrected chi connectivity index (χ4v) is 3.38. The molecule has 1 N–H and O–H groups in total. The van der Waals surface area contributed by atoms with E-state index >= 15 is 0 Å². The van der Waals surface area contributed by atoms with Gasteiger partial charge >= 0.3 is 6.03 Å². The fourth-order valence-electron chi connectivity index (χ4n) is 2.92. The summed E-state index contributed by atoms with van der Waals surface area (Å²) in [6, 6.07) is 18.1. The van der Waals surface area contributed by atoms with Crippen molar-refractivity contribution in [2.24, 2.45) is 0 Å². The number of nitrogens with one attached hydrogen (secondary N) is 1. The molecule has 1 aliphatic heterocycles. The van der Waals surface area contributed by atoms with E-state index in [4.69, 9.17) is 4.74 Å². The smallest absolute Gasteiger partial charge is 0.321 e. The first-order valence-electron chi connectivity index (χ1n) is 8.60. The van der Waals surface area contributed by atoms with E-state index in [1.54, 1.807) is 11.8 Å². The van der Waals surface area contributed by atoms with Crippen molar-refractivity contribution in [2.45, 2.75) is 30.4 Å². The van der Waals surface area contributed by atoms with Gasteiger partial charge in [0.2, 0.25) is 0 Å². The standard InChI is InChI=1S/C20H24N2O2S/c1-25-19-9-5-8-17(14-19)21-20(23)22-12-10-18(11-13-22)24-15-16-6-3-2-4-7-16/h2-9,14,18H,10-13,15H2,1H3,(H,21,23). The second-order valence-corrected chi connectivity index (χ2v) is 7.02. The van der Waals surface area contributed by atoms with Gasteiger partial charge in [0, 0.05) is 23.7 Å². The van der Waals surface area contributed by atoms with Gasteiger partial charge < -0.3 is 15.0 Å². The third-order valence-electron chi connectivity index (χ3n) is 4.38. The Hall–Kier alpha value is -1.98. The molecule has 2 aromatic rings. The fraction of sp³-hybridized carbons (Fsp3) is 0.350. The quantitative estimate of drug-likeness (QED) is 0.795. The lowest BCUT2D eigenvalue weighted by Gasteiger charge is -2.32. The van der Waals surface area contributed by atoms with Crippen LogP contribution in [0, 0.1) is 0 Å². The van der Waals surface area contributed by atoms with Gasteiger partial charge in [-0.3, -0.25) is 0 Å². The molecule has 2 amide bonds. The molecule has 4 nitrogen and oxygen atoms in total. The number of piperidine rings is 1. The van der Waals surface area contributed by atoms with Crippen molar-refractivity contribution >= 4 is 23.5 Å². The summed E-state index contributed by atoms with van der Waals surface area (Å²) in [5, 5.41) is 2.99. The Morgan fingerprint density at radius 2 is 1.92 bits per heavy atom. The highest BCUT2D eigenvalue weighted by atomic mass is 32.2. The van der Waals surface area contributed by atoms with Crippen LogP contribution in [0.2, 0.25) is 0 Å². The largest absolute Gasteiger partial charge is 0.373 e. The number of benzene rings is 2. The Morgan fingerprint density at radius 1 is 1.16 bits per heavy atom. The number of hydrogen-bond acceptors (Lipinski definition) is 3. The molecule has 3 rings (SSSR count). The molecule has 1 heterocycles. The Morgan fingerprint density at radius 3 is 2.64 bits per heavy atom. The topological polar surface area (TPSA) is 41.6 Å². The lowest BCUT2D eigenvalue weighted by Crippen LogP contribution is -2.43. The first kappa shape index (κ1) is 17.8. The van der Waals surface area contributed by atoms with Crippen molar-refractivity contribution in [2.75, 3.05) is 24.7 Å². The number of carbonyl (C=O) groups is 1. The number of nitrogens with zero attached hydrogens (tertiary/aromatic N) is 1. The molecule has 0 unspecified atom stereocenters. The van der Waals surface area contributed by atoms with E-state index in [9.17, 15) is 4.79 Å². The Kier molecular flexibility index (Phi) is 6.36. The van der Waals surface area contributed by atoms with Crippen molar-refractivity contribution in [1.82, 2.24) is 4.90 Å². The van der Waals surface area contributed by atoms with Gasteiger partial charge in [-0.1, -0.05) is 36.4 Å². The van der Waals surface area contributed by atoms with Crippen LogP contribution >= 0.6 is 11.8 Å². The van der Waals surface area contributed by atoms with Crippen molar-refractivity contribution in [3.63, 3.8) is 0 Å². The van der Waals surface area contributed by atoms with E-state index in [1.165, 1.54) is 5.56 Å². The van der Waals surface area contributed by atoms with Gasteiger partial charge in [-0.05, 0) is 42.9 Å². The van der Waals surface area contributed by atoms with E-state index in [-0.39, 0.29) is 12.1 Å². The number of ether oxygens (including phenoxy) is 1. The predicted molar refractivity (Wildman–Crippen MR) is 103 cm³/mol. The number of urea groups is 1. The predicted octanol–water partition coefficient (Wildman–Crippen LogP) is 4.62. The second-order valence-electron chi connectivity index (χ2n) is 6.15. The zero-order valence-electron chi connectivity index (χ0n) is 14.5. The molecule has 5 heteroatoms. The molecule has 0 spiro atoms. The molecular weight excluding hydrogens is 332 g/mol. The number of amides is 2. The summed E-state index contributed by atoms with van der Waals surface area (Å²) >= 11 is 1.67. The third kappa shape index (κ3) is 5.25. The van der Waals surface area contributed by atoms with Crippen LogP contribution in [0.5, 0.6) is 0 Å². The zero-order chi connectivity index (χ0) is 17.5. The molecule has 0 atom stereocenters. The van der Waals surface area contributed by atoms with E-state index in [0.717, 1.165) is 36.5 Å². The summed E-state index contributed by atoms with van der Waals surface area (Å²) in [5.74, 6) is 0. The number of anilines is 1. The molecule has 2 aromatic carbocycles. The minimum absolute atomic E-state index is 0.0280. The van der Waals surface area contributed by atoms with Gasteiger partial charge in [0.05, 0.1) is 12.7 Å². The van der Waals surface area contributed by atoms with Crippen LogP contribution < -0.4 is 5.32 Å². The SMILES string of the molecule is CSc1cccc(NC(=O)N2CCC(OCc3ccccc3)CC2)c1. The molecular formula is C20H24N2O2S. The van der Waals surface area contributed by atoms with Crippen molar-refractivity contribution in [1.29, 1.82) is 0 Å². The van der Waals surface area contributed by atoms with E-state index in [1.807, 2.05) is 53.6 Å². The lowest BCUT2D eigenvalue weighted by molar-refractivity contribution is 0.00540. The van der Waals surface area contributed by atoms with Gasteiger partial charge in [-0.25, -0.2) is 4.79 Å². The molecule has 0 bridgehead atoms. The van der Waals surface area contributed by atoms with E-state index in [2.05, 4.69) is 17.4 Å². The van der Waals surface area contributed by atoms with Crippen molar-refractivity contribution in [3.05, 3.63) is 60.2 Å². The van der Waals surface area contributed by atoms with E-state index in [0.29, 0.717) is 6.61 Å². The highest BCUT2D eigenvalue weighted by Crippen LogP contribution is 2.20. The van der Waals surface area contributed by atoms with Crippen LogP contribution in [0.1, 0.15) is 18.4 Å². The van der Waals surface area contributed by atoms with Gasteiger partial charge in [-0.15, -0.1) is 11.8 Å². The van der Waals surface area contributed by atoms with Gasteiger partial charge in [0.25, 0.3) is 0 Å². The zero-order valence-corrected chi connectivity index (χ0v) is 15.3. The second kappa shape index (κ2) is 8.92.